The Morgan fingerprint density at radius 3 is 1.44 bits per heavy atom. The second-order valence-electron chi connectivity index (χ2n) is 14.6. The van der Waals surface area contributed by atoms with Crippen LogP contribution in [0.1, 0.15) is 181 Å². The molecule has 57 heavy (non-hydrogen) atoms. The summed E-state index contributed by atoms with van der Waals surface area (Å²) in [6.07, 6.45) is 37.0. The van der Waals surface area contributed by atoms with Crippen LogP contribution in [0.2, 0.25) is 0 Å². The third-order valence-corrected chi connectivity index (χ3v) is 10.4. The molecule has 0 amide bonds. The first-order valence-corrected chi connectivity index (χ1v) is 24.7. The Bertz CT molecular complexity index is 1150. The van der Waals surface area contributed by atoms with E-state index < -0.39 is 66.2 Å². The first-order valence-electron chi connectivity index (χ1n) is 21.7. The highest BCUT2D eigenvalue weighted by atomic mass is 31.2. The fraction of sp³-hybridized carbons (Fsp3) is 0.810. The molecular formula is C42H78O13P2. The van der Waals surface area contributed by atoms with Crippen molar-refractivity contribution in [2.75, 3.05) is 26.4 Å². The molecule has 334 valence electrons. The van der Waals surface area contributed by atoms with Crippen LogP contribution >= 0.6 is 15.6 Å². The topological polar surface area (TPSA) is 195 Å². The van der Waals surface area contributed by atoms with Gasteiger partial charge in [-0.15, -0.1) is 0 Å². The van der Waals surface area contributed by atoms with E-state index in [4.69, 9.17) is 23.8 Å². The van der Waals surface area contributed by atoms with Crippen molar-refractivity contribution in [2.45, 2.75) is 193 Å². The maximum Gasteiger partial charge on any atom is 0.472 e. The lowest BCUT2D eigenvalue weighted by molar-refractivity contribution is -0.161. The molecular weight excluding hydrogens is 774 g/mol. The molecule has 0 fully saturated rings. The van der Waals surface area contributed by atoms with Crippen molar-refractivity contribution in [3.63, 3.8) is 0 Å². The molecule has 0 saturated heterocycles. The van der Waals surface area contributed by atoms with Gasteiger partial charge in [-0.1, -0.05) is 134 Å². The summed E-state index contributed by atoms with van der Waals surface area (Å²) in [5.41, 5.74) is 0. The van der Waals surface area contributed by atoms with Crippen LogP contribution in [-0.4, -0.2) is 70.4 Å². The van der Waals surface area contributed by atoms with Crippen LogP contribution in [0.5, 0.6) is 0 Å². The van der Waals surface area contributed by atoms with Gasteiger partial charge in [0.2, 0.25) is 0 Å². The van der Waals surface area contributed by atoms with Crippen molar-refractivity contribution in [1.82, 2.24) is 0 Å². The number of esters is 2. The molecule has 15 heteroatoms. The van der Waals surface area contributed by atoms with Gasteiger partial charge in [0, 0.05) is 12.8 Å². The van der Waals surface area contributed by atoms with E-state index in [0.717, 1.165) is 77.0 Å². The minimum Gasteiger partial charge on any atom is -0.462 e. The Balaban J connectivity index is 4.55. The van der Waals surface area contributed by atoms with E-state index in [9.17, 15) is 28.7 Å². The lowest BCUT2D eigenvalue weighted by atomic mass is 10.1. The summed E-state index contributed by atoms with van der Waals surface area (Å²) in [6, 6.07) is 0. The van der Waals surface area contributed by atoms with Gasteiger partial charge in [-0.2, -0.15) is 0 Å². The summed E-state index contributed by atoms with van der Waals surface area (Å²) >= 11 is 0. The molecule has 0 aliphatic rings. The zero-order chi connectivity index (χ0) is 42.3. The zero-order valence-corrected chi connectivity index (χ0v) is 37.0. The number of unbranched alkanes of at least 4 members (excludes halogenated alkanes) is 19. The molecule has 0 aromatic carbocycles. The Hall–Kier alpha value is -1.66. The molecule has 0 rings (SSSR count). The van der Waals surface area contributed by atoms with Gasteiger partial charge in [0.05, 0.1) is 19.8 Å². The van der Waals surface area contributed by atoms with Gasteiger partial charge in [0.1, 0.15) is 12.7 Å². The van der Waals surface area contributed by atoms with Gasteiger partial charge in [0.15, 0.2) is 6.10 Å². The van der Waals surface area contributed by atoms with E-state index in [0.29, 0.717) is 12.8 Å². The lowest BCUT2D eigenvalue weighted by Crippen LogP contribution is -2.30. The molecule has 0 aliphatic heterocycles. The first-order chi connectivity index (χ1) is 27.4. The summed E-state index contributed by atoms with van der Waals surface area (Å²) in [7, 11) is -9.67. The summed E-state index contributed by atoms with van der Waals surface area (Å²) in [4.78, 5) is 52.6. The number of carbonyl (C=O) groups is 2. The summed E-state index contributed by atoms with van der Waals surface area (Å²) in [5.74, 6) is -1.05. The second-order valence-corrected chi connectivity index (χ2v) is 17.3. The van der Waals surface area contributed by atoms with Crippen LogP contribution in [0.4, 0.5) is 0 Å². The number of ether oxygens (including phenoxy) is 2. The fourth-order valence-corrected chi connectivity index (χ4v) is 6.82. The molecule has 4 N–H and O–H groups in total. The number of hydrogen-bond donors (Lipinski definition) is 4. The molecule has 0 saturated carbocycles. The molecule has 0 bridgehead atoms. The van der Waals surface area contributed by atoms with E-state index in [1.54, 1.807) is 0 Å². The molecule has 13 nitrogen and oxygen atoms in total. The maximum absolute atomic E-state index is 12.6. The predicted octanol–water partition coefficient (Wildman–Crippen LogP) is 10.9. The number of aliphatic hydroxyl groups excluding tert-OH is 1. The predicted molar refractivity (Wildman–Crippen MR) is 225 cm³/mol. The highest BCUT2D eigenvalue weighted by molar-refractivity contribution is 7.47. The van der Waals surface area contributed by atoms with Crippen LogP contribution in [0.25, 0.3) is 0 Å². The van der Waals surface area contributed by atoms with E-state index in [2.05, 4.69) is 59.4 Å². The Morgan fingerprint density at radius 1 is 0.509 bits per heavy atom. The van der Waals surface area contributed by atoms with Crippen molar-refractivity contribution >= 4 is 27.6 Å². The summed E-state index contributed by atoms with van der Waals surface area (Å²) in [6.45, 7) is 1.71. The number of phosphoric ester groups is 2. The minimum absolute atomic E-state index is 0.124. The van der Waals surface area contributed by atoms with Gasteiger partial charge in [0.25, 0.3) is 0 Å². The van der Waals surface area contributed by atoms with Gasteiger partial charge in [-0.05, 0) is 70.6 Å². The van der Waals surface area contributed by atoms with Gasteiger partial charge in [-0.25, -0.2) is 9.13 Å². The number of phosphoric acid groups is 2. The van der Waals surface area contributed by atoms with Crippen LogP contribution in [0.15, 0.2) is 36.5 Å². The SMILES string of the molecule is CCCCC/C=C\C/C=C\CCCCCCCC(=O)OC[C@H](COP(=O)(O)OC[C@@H](O)COP(=O)(O)O)OC(=O)CCCCCCCCC/C=C\CCCCCC. The number of rotatable bonds is 41. The molecule has 0 spiro atoms. The average molecular weight is 853 g/mol. The quantitative estimate of drug-likeness (QED) is 0.0196. The number of hydrogen-bond acceptors (Lipinski definition) is 10. The van der Waals surface area contributed by atoms with Crippen molar-refractivity contribution < 1.29 is 61.6 Å². The van der Waals surface area contributed by atoms with Crippen LogP contribution in [0, 0.1) is 0 Å². The molecule has 1 unspecified atom stereocenters. The highest BCUT2D eigenvalue weighted by Crippen LogP contribution is 2.43. The van der Waals surface area contributed by atoms with E-state index in [-0.39, 0.29) is 12.8 Å². The summed E-state index contributed by atoms with van der Waals surface area (Å²) < 4.78 is 47.7. The van der Waals surface area contributed by atoms with Gasteiger partial charge < -0.3 is 29.3 Å². The first kappa shape index (κ1) is 55.3. The van der Waals surface area contributed by atoms with E-state index in [1.165, 1.54) is 64.2 Å². The molecule has 0 aromatic heterocycles. The third-order valence-electron chi connectivity index (χ3n) is 8.99. The second kappa shape index (κ2) is 38.5. The van der Waals surface area contributed by atoms with Crippen LogP contribution in [0.3, 0.4) is 0 Å². The maximum atomic E-state index is 12.6. The number of aliphatic hydroxyl groups is 1. The largest absolute Gasteiger partial charge is 0.472 e. The van der Waals surface area contributed by atoms with Crippen molar-refractivity contribution in [3.05, 3.63) is 36.5 Å². The third kappa shape index (κ3) is 42.3. The smallest absolute Gasteiger partial charge is 0.462 e. The van der Waals surface area contributed by atoms with E-state index in [1.807, 2.05) is 0 Å². The molecule has 0 aliphatic carbocycles. The Labute approximate surface area is 344 Å². The fourth-order valence-electron chi connectivity index (χ4n) is 5.67. The van der Waals surface area contributed by atoms with E-state index >= 15 is 0 Å². The zero-order valence-electron chi connectivity index (χ0n) is 35.2. The van der Waals surface area contributed by atoms with Crippen LogP contribution < -0.4 is 0 Å². The average Bonchev–Trinajstić information content (AvgIpc) is 3.17. The van der Waals surface area contributed by atoms with Gasteiger partial charge >= 0.3 is 27.6 Å². The minimum atomic E-state index is -4.86. The molecule has 0 radical (unpaired) electrons. The highest BCUT2D eigenvalue weighted by Gasteiger charge is 2.28. The van der Waals surface area contributed by atoms with Crippen molar-refractivity contribution in [1.29, 1.82) is 0 Å². The Kier molecular flexibility index (Phi) is 37.4. The standard InChI is InChI=1S/C42H78O13P2/c1-3-5-7-9-11-13-15-17-19-21-23-25-27-29-31-33-41(44)51-37-40(38-54-57(49,50)53-36-39(43)35-52-56(46,47)48)55-42(45)34-32-30-28-26-24-22-20-18-16-14-12-10-8-6-4-2/h11,13-14,16-17,19,39-40,43H,3-10,12,15,18,20-38H2,1-2H3,(H,49,50)(H2,46,47,48)/b13-11-,16-14-,19-17-/t39-,40+/m0/s1. The molecule has 0 aromatic rings. The van der Waals surface area contributed by atoms with Crippen molar-refractivity contribution in [2.24, 2.45) is 0 Å². The number of allylic oxidation sites excluding steroid dienone is 6. The molecule has 0 heterocycles. The van der Waals surface area contributed by atoms with Crippen molar-refractivity contribution in [3.8, 4) is 0 Å². The van der Waals surface area contributed by atoms with Crippen LogP contribution in [-0.2, 0) is 41.8 Å². The van der Waals surface area contributed by atoms with Gasteiger partial charge in [-0.3, -0.25) is 23.2 Å². The monoisotopic (exact) mass is 852 g/mol. The summed E-state index contributed by atoms with van der Waals surface area (Å²) in [5, 5.41) is 9.74. The normalized spacial score (nSPS) is 14.4. The number of carbonyl (C=O) groups excluding carboxylic acids is 2. The molecule has 3 atom stereocenters. The lowest BCUT2D eigenvalue weighted by Gasteiger charge is -2.20. The Morgan fingerprint density at radius 2 is 0.912 bits per heavy atom.